The number of nitrogens with zero attached hydrogens (tertiary/aromatic N) is 1. The molecule has 3 heteroatoms. The molecule has 24 heavy (non-hydrogen) atoms. The highest BCUT2D eigenvalue weighted by molar-refractivity contribution is 5.92. The second-order valence-electron chi connectivity index (χ2n) is 6.22. The van der Waals surface area contributed by atoms with Crippen LogP contribution in [0.1, 0.15) is 34.0 Å². The molecule has 2 atom stereocenters. The Morgan fingerprint density at radius 3 is 2.33 bits per heavy atom. The summed E-state index contributed by atoms with van der Waals surface area (Å²) in [6, 6.07) is 24.3. The van der Waals surface area contributed by atoms with E-state index in [0.717, 1.165) is 12.0 Å². The summed E-state index contributed by atoms with van der Waals surface area (Å²) >= 11 is 0. The normalized spacial score (nSPS) is 19.0. The summed E-state index contributed by atoms with van der Waals surface area (Å²) in [5.74, 6) is 0.783. The summed E-state index contributed by atoms with van der Waals surface area (Å²) in [5.41, 5.74) is 2.43. The fourth-order valence-corrected chi connectivity index (χ4v) is 3.25. The van der Waals surface area contributed by atoms with Crippen molar-refractivity contribution in [3.63, 3.8) is 0 Å². The van der Waals surface area contributed by atoms with Crippen LogP contribution in [0.15, 0.2) is 83.5 Å². The number of carbonyl (C=O) groups excluding carboxylic acids is 1. The van der Waals surface area contributed by atoms with E-state index in [1.54, 1.807) is 18.4 Å². The fraction of sp³-hybridized carbons (Fsp3) is 0.190. The summed E-state index contributed by atoms with van der Waals surface area (Å²) in [4.78, 5) is 14.9. The standard InChI is InChI=1S/C21H19NO2/c23-21(20-12-7-13-24-20)22(15-16-8-3-1-4-9-16)19-14-18(19)17-10-5-2-6-11-17/h1-13,18-19H,14-15H2/t18-,19+/m1/s1. The third-order valence-electron chi connectivity index (χ3n) is 4.57. The zero-order chi connectivity index (χ0) is 16.4. The van der Waals surface area contributed by atoms with Crippen LogP contribution in [0.5, 0.6) is 0 Å². The van der Waals surface area contributed by atoms with Gasteiger partial charge in [0, 0.05) is 18.5 Å². The van der Waals surface area contributed by atoms with Crippen LogP contribution in [0.25, 0.3) is 0 Å². The number of furan rings is 1. The van der Waals surface area contributed by atoms with Crippen LogP contribution in [0.2, 0.25) is 0 Å². The van der Waals surface area contributed by atoms with Crippen LogP contribution in [0.3, 0.4) is 0 Å². The lowest BCUT2D eigenvalue weighted by Gasteiger charge is -2.22. The van der Waals surface area contributed by atoms with Gasteiger partial charge in [0.15, 0.2) is 5.76 Å². The maximum absolute atomic E-state index is 12.9. The van der Waals surface area contributed by atoms with Gasteiger partial charge >= 0.3 is 0 Å². The van der Waals surface area contributed by atoms with Gasteiger partial charge in [0.2, 0.25) is 0 Å². The van der Waals surface area contributed by atoms with E-state index in [1.165, 1.54) is 5.56 Å². The zero-order valence-corrected chi connectivity index (χ0v) is 13.3. The van der Waals surface area contributed by atoms with Gasteiger partial charge in [-0.05, 0) is 29.7 Å². The molecule has 1 saturated carbocycles. The Labute approximate surface area is 141 Å². The smallest absolute Gasteiger partial charge is 0.290 e. The van der Waals surface area contributed by atoms with Crippen molar-refractivity contribution in [2.45, 2.75) is 24.9 Å². The van der Waals surface area contributed by atoms with Crippen molar-refractivity contribution in [2.75, 3.05) is 0 Å². The average Bonchev–Trinajstić information content (AvgIpc) is 3.24. The molecule has 0 bridgehead atoms. The van der Waals surface area contributed by atoms with Gasteiger partial charge in [-0.1, -0.05) is 60.7 Å². The first-order valence-electron chi connectivity index (χ1n) is 8.26. The number of benzene rings is 2. The molecule has 0 spiro atoms. The van der Waals surface area contributed by atoms with Crippen LogP contribution in [-0.2, 0) is 6.54 Å². The first-order chi connectivity index (χ1) is 11.8. The van der Waals surface area contributed by atoms with Crippen molar-refractivity contribution in [3.8, 4) is 0 Å². The highest BCUT2D eigenvalue weighted by Gasteiger charge is 2.45. The van der Waals surface area contributed by atoms with Crippen LogP contribution in [0.4, 0.5) is 0 Å². The number of hydrogen-bond donors (Lipinski definition) is 0. The molecule has 0 unspecified atom stereocenters. The minimum Gasteiger partial charge on any atom is -0.459 e. The largest absolute Gasteiger partial charge is 0.459 e. The minimum atomic E-state index is -0.0349. The first kappa shape index (κ1) is 14.8. The lowest BCUT2D eigenvalue weighted by atomic mass is 10.1. The van der Waals surface area contributed by atoms with E-state index in [0.29, 0.717) is 18.2 Å². The molecular weight excluding hydrogens is 298 g/mol. The maximum atomic E-state index is 12.9. The van der Waals surface area contributed by atoms with Crippen LogP contribution in [0, 0.1) is 0 Å². The van der Waals surface area contributed by atoms with E-state index >= 15 is 0 Å². The summed E-state index contributed by atoms with van der Waals surface area (Å²) in [6.07, 6.45) is 2.55. The molecule has 3 aromatic rings. The van der Waals surface area contributed by atoms with Crippen molar-refractivity contribution >= 4 is 5.91 Å². The van der Waals surface area contributed by atoms with Crippen LogP contribution in [-0.4, -0.2) is 16.8 Å². The fourth-order valence-electron chi connectivity index (χ4n) is 3.25. The average molecular weight is 317 g/mol. The molecule has 1 fully saturated rings. The molecule has 1 aromatic heterocycles. The van der Waals surface area contributed by atoms with Crippen molar-refractivity contribution in [1.29, 1.82) is 0 Å². The quantitative estimate of drug-likeness (QED) is 0.695. The van der Waals surface area contributed by atoms with Gasteiger partial charge in [-0.15, -0.1) is 0 Å². The van der Waals surface area contributed by atoms with E-state index in [9.17, 15) is 4.79 Å². The summed E-state index contributed by atoms with van der Waals surface area (Å²) in [6.45, 7) is 0.606. The molecule has 0 radical (unpaired) electrons. The highest BCUT2D eigenvalue weighted by Crippen LogP contribution is 2.45. The second kappa shape index (κ2) is 6.36. The SMILES string of the molecule is O=C(c1ccco1)N(Cc1ccccc1)[C@H]1C[C@@H]1c1ccccc1. The van der Waals surface area contributed by atoms with Gasteiger partial charge in [0.25, 0.3) is 5.91 Å². The monoisotopic (exact) mass is 317 g/mol. The molecule has 1 aliphatic carbocycles. The van der Waals surface area contributed by atoms with E-state index in [1.807, 2.05) is 29.2 Å². The summed E-state index contributed by atoms with van der Waals surface area (Å²) in [7, 11) is 0. The third kappa shape index (κ3) is 2.98. The number of amides is 1. The molecule has 4 rings (SSSR count). The number of hydrogen-bond acceptors (Lipinski definition) is 2. The van der Waals surface area contributed by atoms with Gasteiger partial charge in [-0.25, -0.2) is 0 Å². The summed E-state index contributed by atoms with van der Waals surface area (Å²) < 4.78 is 5.34. The topological polar surface area (TPSA) is 33.5 Å². The molecular formula is C21H19NO2. The maximum Gasteiger partial charge on any atom is 0.290 e. The molecule has 1 aliphatic rings. The zero-order valence-electron chi connectivity index (χ0n) is 13.3. The molecule has 0 N–H and O–H groups in total. The number of rotatable bonds is 5. The van der Waals surface area contributed by atoms with Gasteiger partial charge in [-0.2, -0.15) is 0 Å². The van der Waals surface area contributed by atoms with Gasteiger partial charge < -0.3 is 9.32 Å². The molecule has 120 valence electrons. The Hall–Kier alpha value is -2.81. The second-order valence-corrected chi connectivity index (χ2v) is 6.22. The van der Waals surface area contributed by atoms with Crippen LogP contribution < -0.4 is 0 Å². The van der Waals surface area contributed by atoms with E-state index in [4.69, 9.17) is 4.42 Å². The Bertz CT molecular complexity index is 796. The lowest BCUT2D eigenvalue weighted by molar-refractivity contribution is 0.0694. The molecule has 0 aliphatic heterocycles. The predicted octanol–water partition coefficient (Wildman–Crippen LogP) is 4.48. The van der Waals surface area contributed by atoms with Crippen molar-refractivity contribution in [1.82, 2.24) is 4.90 Å². The molecule has 1 heterocycles. The van der Waals surface area contributed by atoms with Gasteiger partial charge in [0.1, 0.15) is 0 Å². The Morgan fingerprint density at radius 1 is 0.958 bits per heavy atom. The van der Waals surface area contributed by atoms with Crippen LogP contribution >= 0.6 is 0 Å². The Balaban J connectivity index is 1.58. The first-order valence-corrected chi connectivity index (χ1v) is 8.26. The lowest BCUT2D eigenvalue weighted by Crippen LogP contribution is -2.33. The van der Waals surface area contributed by atoms with E-state index in [-0.39, 0.29) is 11.9 Å². The predicted molar refractivity (Wildman–Crippen MR) is 92.6 cm³/mol. The highest BCUT2D eigenvalue weighted by atomic mass is 16.3. The molecule has 2 aromatic carbocycles. The number of carbonyl (C=O) groups is 1. The van der Waals surface area contributed by atoms with E-state index < -0.39 is 0 Å². The van der Waals surface area contributed by atoms with E-state index in [2.05, 4.69) is 36.4 Å². The molecule has 1 amide bonds. The van der Waals surface area contributed by atoms with Gasteiger partial charge in [0.05, 0.1) is 6.26 Å². The van der Waals surface area contributed by atoms with Crippen molar-refractivity contribution in [3.05, 3.63) is 95.9 Å². The van der Waals surface area contributed by atoms with Crippen molar-refractivity contribution < 1.29 is 9.21 Å². The third-order valence-corrected chi connectivity index (χ3v) is 4.57. The Kier molecular flexibility index (Phi) is 3.91. The Morgan fingerprint density at radius 2 is 1.67 bits per heavy atom. The van der Waals surface area contributed by atoms with Crippen molar-refractivity contribution in [2.24, 2.45) is 0 Å². The minimum absolute atomic E-state index is 0.0349. The molecule has 0 saturated heterocycles. The summed E-state index contributed by atoms with van der Waals surface area (Å²) in [5, 5.41) is 0. The molecule has 3 nitrogen and oxygen atoms in total. The van der Waals surface area contributed by atoms with Gasteiger partial charge in [-0.3, -0.25) is 4.79 Å².